The number of carbonyl (C=O) groups is 1. The predicted molar refractivity (Wildman–Crippen MR) is 62.8 cm³/mol. The van der Waals surface area contributed by atoms with E-state index in [-0.39, 0.29) is 5.91 Å². The van der Waals surface area contributed by atoms with Crippen LogP contribution in [0.4, 0.5) is 5.13 Å². The molecule has 16 heavy (non-hydrogen) atoms. The number of amides is 1. The molecular formula is C9H13N5OS. The number of hydrogen-bond acceptors (Lipinski definition) is 6. The van der Waals surface area contributed by atoms with Crippen molar-refractivity contribution in [2.75, 3.05) is 18.4 Å². The second-order valence-electron chi connectivity index (χ2n) is 3.36. The minimum absolute atomic E-state index is 0.239. The molecule has 1 aliphatic rings. The maximum absolute atomic E-state index is 11.6. The van der Waals surface area contributed by atoms with E-state index in [1.165, 1.54) is 11.3 Å². The fourth-order valence-electron chi connectivity index (χ4n) is 1.33. The summed E-state index contributed by atoms with van der Waals surface area (Å²) in [7, 11) is 0. The largest absolute Gasteiger partial charge is 0.364 e. The molecular weight excluding hydrogens is 226 g/mol. The zero-order valence-electron chi connectivity index (χ0n) is 8.99. The van der Waals surface area contributed by atoms with Gasteiger partial charge >= 0.3 is 0 Å². The summed E-state index contributed by atoms with van der Waals surface area (Å²) < 4.78 is 0. The summed E-state index contributed by atoms with van der Waals surface area (Å²) in [6.07, 6.45) is 1.92. The fourth-order valence-corrected chi connectivity index (χ4v) is 2.16. The molecule has 0 aliphatic carbocycles. The van der Waals surface area contributed by atoms with E-state index in [0.29, 0.717) is 17.5 Å². The Morgan fingerprint density at radius 2 is 2.44 bits per heavy atom. The Kier molecular flexibility index (Phi) is 3.45. The molecule has 1 aromatic rings. The first-order valence-electron chi connectivity index (χ1n) is 5.21. The van der Waals surface area contributed by atoms with E-state index in [1.807, 2.05) is 0 Å². The number of hydrogen-bond donors (Lipinski definition) is 2. The summed E-state index contributed by atoms with van der Waals surface area (Å²) in [6.45, 7) is 3.46. The summed E-state index contributed by atoms with van der Waals surface area (Å²) in [5.41, 5.74) is 0. The van der Waals surface area contributed by atoms with E-state index < -0.39 is 0 Å². The highest BCUT2D eigenvalue weighted by Crippen LogP contribution is 2.16. The minimum atomic E-state index is -0.239. The summed E-state index contributed by atoms with van der Waals surface area (Å²) >= 11 is 1.41. The van der Waals surface area contributed by atoms with Gasteiger partial charge in [-0.2, -0.15) is 0 Å². The molecule has 2 N–H and O–H groups in total. The Bertz CT molecular complexity index is 414. The van der Waals surface area contributed by atoms with Gasteiger partial charge in [0, 0.05) is 13.0 Å². The van der Waals surface area contributed by atoms with E-state index >= 15 is 0 Å². The van der Waals surface area contributed by atoms with Crippen LogP contribution in [0.25, 0.3) is 0 Å². The van der Waals surface area contributed by atoms with E-state index in [0.717, 1.165) is 24.4 Å². The van der Waals surface area contributed by atoms with Crippen molar-refractivity contribution in [3.8, 4) is 0 Å². The molecule has 0 aromatic carbocycles. The first kappa shape index (κ1) is 11.0. The van der Waals surface area contributed by atoms with Crippen molar-refractivity contribution in [1.82, 2.24) is 15.5 Å². The molecule has 0 fully saturated rings. The van der Waals surface area contributed by atoms with Crippen molar-refractivity contribution < 1.29 is 4.79 Å². The molecule has 0 saturated heterocycles. The molecule has 0 atom stereocenters. The number of nitrogens with one attached hydrogen (secondary N) is 2. The van der Waals surface area contributed by atoms with E-state index in [9.17, 15) is 4.79 Å². The van der Waals surface area contributed by atoms with Gasteiger partial charge in [0.15, 0.2) is 5.84 Å². The fraction of sp³-hybridized carbons (Fsp3) is 0.556. The van der Waals surface area contributed by atoms with Crippen LogP contribution in [0.1, 0.15) is 18.4 Å². The van der Waals surface area contributed by atoms with Crippen LogP contribution in [0.2, 0.25) is 0 Å². The number of aryl methyl sites for hydroxylation is 1. The number of aromatic nitrogens is 2. The number of anilines is 1. The van der Waals surface area contributed by atoms with E-state index in [1.54, 1.807) is 0 Å². The summed E-state index contributed by atoms with van der Waals surface area (Å²) in [4.78, 5) is 15.6. The van der Waals surface area contributed by atoms with Gasteiger partial charge < -0.3 is 5.32 Å². The molecule has 0 bridgehead atoms. The number of amidine groups is 1. The molecule has 1 amide bonds. The highest BCUT2D eigenvalue weighted by atomic mass is 32.1. The first-order chi connectivity index (χ1) is 7.79. The lowest BCUT2D eigenvalue weighted by Gasteiger charge is -2.00. The maximum Gasteiger partial charge on any atom is 0.292 e. The minimum Gasteiger partial charge on any atom is -0.364 e. The number of aliphatic imine (C=N–C) groups is 1. The SMILES string of the molecule is CCCc1nnc(NC(=O)C2=NCCN2)s1. The number of rotatable bonds is 4. The van der Waals surface area contributed by atoms with Gasteiger partial charge in [0.2, 0.25) is 5.13 Å². The van der Waals surface area contributed by atoms with Gasteiger partial charge in [-0.15, -0.1) is 10.2 Å². The van der Waals surface area contributed by atoms with Gasteiger partial charge in [0.1, 0.15) is 5.01 Å². The van der Waals surface area contributed by atoms with Gasteiger partial charge in [-0.25, -0.2) is 0 Å². The number of carbonyl (C=O) groups excluding carboxylic acids is 1. The Morgan fingerprint density at radius 1 is 1.56 bits per heavy atom. The zero-order chi connectivity index (χ0) is 11.4. The van der Waals surface area contributed by atoms with Gasteiger partial charge in [0.25, 0.3) is 5.91 Å². The van der Waals surface area contributed by atoms with Gasteiger partial charge in [0.05, 0.1) is 6.54 Å². The second-order valence-corrected chi connectivity index (χ2v) is 4.42. The lowest BCUT2D eigenvalue weighted by atomic mass is 10.4. The molecule has 1 aliphatic heterocycles. The topological polar surface area (TPSA) is 79.3 Å². The molecule has 2 heterocycles. The molecule has 0 unspecified atom stereocenters. The molecule has 0 spiro atoms. The highest BCUT2D eigenvalue weighted by molar-refractivity contribution is 7.15. The lowest BCUT2D eigenvalue weighted by Crippen LogP contribution is -2.32. The molecule has 7 heteroatoms. The van der Waals surface area contributed by atoms with Crippen LogP contribution < -0.4 is 10.6 Å². The molecule has 6 nitrogen and oxygen atoms in total. The van der Waals surface area contributed by atoms with Gasteiger partial charge in [-0.1, -0.05) is 18.3 Å². The summed E-state index contributed by atoms with van der Waals surface area (Å²) in [5, 5.41) is 14.9. The van der Waals surface area contributed by atoms with Crippen LogP contribution in [0.5, 0.6) is 0 Å². The zero-order valence-corrected chi connectivity index (χ0v) is 9.80. The predicted octanol–water partition coefficient (Wildman–Crippen LogP) is 0.431. The van der Waals surface area contributed by atoms with Crippen LogP contribution in [0.15, 0.2) is 4.99 Å². The summed E-state index contributed by atoms with van der Waals surface area (Å²) in [5.74, 6) is 0.143. The average Bonchev–Trinajstić information content (AvgIpc) is 2.89. The molecule has 1 aromatic heterocycles. The van der Waals surface area contributed by atoms with Crippen molar-refractivity contribution in [3.63, 3.8) is 0 Å². The molecule has 2 rings (SSSR count). The smallest absolute Gasteiger partial charge is 0.292 e. The maximum atomic E-state index is 11.6. The van der Waals surface area contributed by atoms with Crippen LogP contribution in [-0.4, -0.2) is 35.0 Å². The van der Waals surface area contributed by atoms with Crippen molar-refractivity contribution in [2.24, 2.45) is 4.99 Å². The van der Waals surface area contributed by atoms with Crippen molar-refractivity contribution >= 4 is 28.2 Å². The Hall–Kier alpha value is -1.50. The van der Waals surface area contributed by atoms with Crippen LogP contribution in [0, 0.1) is 0 Å². The van der Waals surface area contributed by atoms with Gasteiger partial charge in [-0.05, 0) is 6.42 Å². The highest BCUT2D eigenvalue weighted by Gasteiger charge is 2.16. The lowest BCUT2D eigenvalue weighted by molar-refractivity contribution is -0.110. The standard InChI is InChI=1S/C9H13N5OS/c1-2-3-6-13-14-9(16-6)12-8(15)7-10-4-5-11-7/h2-5H2,1H3,(H,10,11)(H,12,14,15). The summed E-state index contributed by atoms with van der Waals surface area (Å²) in [6, 6.07) is 0. The van der Waals surface area contributed by atoms with Crippen LogP contribution >= 0.6 is 11.3 Å². The Labute approximate surface area is 97.2 Å². The third kappa shape index (κ3) is 2.54. The van der Waals surface area contributed by atoms with Crippen LogP contribution in [0.3, 0.4) is 0 Å². The Morgan fingerprint density at radius 3 is 3.12 bits per heavy atom. The van der Waals surface area contributed by atoms with Crippen molar-refractivity contribution in [1.29, 1.82) is 0 Å². The second kappa shape index (κ2) is 5.02. The monoisotopic (exact) mass is 239 g/mol. The quantitative estimate of drug-likeness (QED) is 0.798. The molecule has 0 radical (unpaired) electrons. The third-order valence-corrected chi connectivity index (χ3v) is 2.94. The third-order valence-electron chi connectivity index (χ3n) is 2.04. The Balaban J connectivity index is 1.95. The normalized spacial score (nSPS) is 14.4. The average molecular weight is 239 g/mol. The van der Waals surface area contributed by atoms with Crippen molar-refractivity contribution in [3.05, 3.63) is 5.01 Å². The first-order valence-corrected chi connectivity index (χ1v) is 6.03. The van der Waals surface area contributed by atoms with Crippen LogP contribution in [-0.2, 0) is 11.2 Å². The molecule has 86 valence electrons. The van der Waals surface area contributed by atoms with Gasteiger partial charge in [-0.3, -0.25) is 15.1 Å². The number of nitrogens with zero attached hydrogens (tertiary/aromatic N) is 3. The van der Waals surface area contributed by atoms with Crippen molar-refractivity contribution in [2.45, 2.75) is 19.8 Å². The van der Waals surface area contributed by atoms with E-state index in [2.05, 4.69) is 32.7 Å². The molecule has 0 saturated carbocycles. The van der Waals surface area contributed by atoms with E-state index in [4.69, 9.17) is 0 Å².